The summed E-state index contributed by atoms with van der Waals surface area (Å²) in [5, 5.41) is 3.30. The zero-order valence-electron chi connectivity index (χ0n) is 7.54. The van der Waals surface area contributed by atoms with Crippen LogP contribution in [0.3, 0.4) is 0 Å². The number of nitrogens with one attached hydrogen (secondary N) is 1. The standard InChI is InChI=1S/C9H15N3/c1-7(2)11-5-8-3-4-9(10)12-6-8/h3-4,6-7,11H,5H2,1-2H3,(H2,10,12). The first-order valence-electron chi connectivity index (χ1n) is 4.12. The summed E-state index contributed by atoms with van der Waals surface area (Å²) in [4.78, 5) is 3.99. The van der Waals surface area contributed by atoms with Crippen molar-refractivity contribution in [3.63, 3.8) is 0 Å². The van der Waals surface area contributed by atoms with Gasteiger partial charge in [0.15, 0.2) is 0 Å². The van der Waals surface area contributed by atoms with Gasteiger partial charge in [0.25, 0.3) is 0 Å². The molecular weight excluding hydrogens is 150 g/mol. The second kappa shape index (κ2) is 4.07. The Hall–Kier alpha value is -1.09. The lowest BCUT2D eigenvalue weighted by atomic mass is 10.2. The summed E-state index contributed by atoms with van der Waals surface area (Å²) < 4.78 is 0. The number of pyridine rings is 1. The minimum atomic E-state index is 0.502. The maximum absolute atomic E-state index is 5.45. The Bertz CT molecular complexity index is 228. The zero-order valence-corrected chi connectivity index (χ0v) is 7.54. The van der Waals surface area contributed by atoms with Gasteiger partial charge in [-0.25, -0.2) is 4.98 Å². The molecule has 1 aromatic heterocycles. The van der Waals surface area contributed by atoms with Crippen molar-refractivity contribution >= 4 is 5.82 Å². The molecule has 0 atom stereocenters. The molecule has 1 rings (SSSR count). The summed E-state index contributed by atoms with van der Waals surface area (Å²) in [6, 6.07) is 4.30. The Kier molecular flexibility index (Phi) is 3.05. The molecule has 0 aliphatic carbocycles. The Morgan fingerprint density at radius 2 is 2.25 bits per heavy atom. The molecule has 3 heteroatoms. The van der Waals surface area contributed by atoms with Crippen molar-refractivity contribution in [1.82, 2.24) is 10.3 Å². The fraction of sp³-hybridized carbons (Fsp3) is 0.444. The quantitative estimate of drug-likeness (QED) is 0.706. The van der Waals surface area contributed by atoms with E-state index in [4.69, 9.17) is 5.73 Å². The van der Waals surface area contributed by atoms with Crippen LogP contribution in [-0.2, 0) is 6.54 Å². The molecule has 66 valence electrons. The number of nitrogens with two attached hydrogens (primary N) is 1. The second-order valence-electron chi connectivity index (χ2n) is 3.13. The van der Waals surface area contributed by atoms with Crippen LogP contribution in [0, 0.1) is 0 Å². The van der Waals surface area contributed by atoms with E-state index in [1.165, 1.54) is 0 Å². The van der Waals surface area contributed by atoms with Crippen LogP contribution in [0.1, 0.15) is 19.4 Å². The van der Waals surface area contributed by atoms with Crippen molar-refractivity contribution in [2.45, 2.75) is 26.4 Å². The van der Waals surface area contributed by atoms with Crippen molar-refractivity contribution in [3.8, 4) is 0 Å². The molecule has 0 amide bonds. The van der Waals surface area contributed by atoms with E-state index in [1.54, 1.807) is 6.20 Å². The highest BCUT2D eigenvalue weighted by Gasteiger charge is 1.94. The molecule has 3 nitrogen and oxygen atoms in total. The van der Waals surface area contributed by atoms with Gasteiger partial charge in [0, 0.05) is 18.8 Å². The summed E-state index contributed by atoms with van der Waals surface area (Å²) in [6.45, 7) is 5.08. The number of nitrogen functional groups attached to an aromatic ring is 1. The molecule has 1 heterocycles. The van der Waals surface area contributed by atoms with Gasteiger partial charge in [0.2, 0.25) is 0 Å². The monoisotopic (exact) mass is 165 g/mol. The van der Waals surface area contributed by atoms with E-state index < -0.39 is 0 Å². The molecule has 1 aromatic rings. The number of hydrogen-bond donors (Lipinski definition) is 2. The minimum Gasteiger partial charge on any atom is -0.384 e. The first-order chi connectivity index (χ1) is 5.68. The van der Waals surface area contributed by atoms with Crippen LogP contribution in [0.4, 0.5) is 5.82 Å². The third kappa shape index (κ3) is 2.88. The number of anilines is 1. The normalized spacial score (nSPS) is 10.6. The van der Waals surface area contributed by atoms with Crippen molar-refractivity contribution in [1.29, 1.82) is 0 Å². The van der Waals surface area contributed by atoms with Gasteiger partial charge < -0.3 is 11.1 Å². The number of rotatable bonds is 3. The SMILES string of the molecule is CC(C)NCc1ccc(N)nc1. The fourth-order valence-electron chi connectivity index (χ4n) is 0.862. The zero-order chi connectivity index (χ0) is 8.97. The summed E-state index contributed by atoms with van der Waals surface area (Å²) in [5.41, 5.74) is 6.62. The summed E-state index contributed by atoms with van der Waals surface area (Å²) >= 11 is 0. The average Bonchev–Trinajstić information content (AvgIpc) is 2.03. The molecule has 0 aliphatic rings. The number of nitrogens with zero attached hydrogens (tertiary/aromatic N) is 1. The van der Waals surface area contributed by atoms with E-state index in [1.807, 2.05) is 12.1 Å². The second-order valence-corrected chi connectivity index (χ2v) is 3.13. The first-order valence-corrected chi connectivity index (χ1v) is 4.12. The fourth-order valence-corrected chi connectivity index (χ4v) is 0.862. The van der Waals surface area contributed by atoms with E-state index in [-0.39, 0.29) is 0 Å². The van der Waals surface area contributed by atoms with Crippen LogP contribution in [0.15, 0.2) is 18.3 Å². The van der Waals surface area contributed by atoms with Gasteiger partial charge >= 0.3 is 0 Å². The Balaban J connectivity index is 2.48. The molecule has 12 heavy (non-hydrogen) atoms. The highest BCUT2D eigenvalue weighted by Crippen LogP contribution is 2.00. The van der Waals surface area contributed by atoms with E-state index in [0.717, 1.165) is 12.1 Å². The van der Waals surface area contributed by atoms with Gasteiger partial charge in [0.05, 0.1) is 0 Å². The van der Waals surface area contributed by atoms with Gasteiger partial charge in [-0.1, -0.05) is 19.9 Å². The molecular formula is C9H15N3. The summed E-state index contributed by atoms with van der Waals surface area (Å²) in [7, 11) is 0. The molecule has 0 bridgehead atoms. The van der Waals surface area contributed by atoms with Crippen molar-refractivity contribution in [2.75, 3.05) is 5.73 Å². The van der Waals surface area contributed by atoms with Crippen molar-refractivity contribution in [3.05, 3.63) is 23.9 Å². The maximum Gasteiger partial charge on any atom is 0.123 e. The summed E-state index contributed by atoms with van der Waals surface area (Å²) in [5.74, 6) is 0.572. The van der Waals surface area contributed by atoms with Crippen LogP contribution >= 0.6 is 0 Å². The van der Waals surface area contributed by atoms with E-state index in [0.29, 0.717) is 11.9 Å². The van der Waals surface area contributed by atoms with Gasteiger partial charge in [-0.15, -0.1) is 0 Å². The highest BCUT2D eigenvalue weighted by molar-refractivity contribution is 5.29. The van der Waals surface area contributed by atoms with E-state index >= 15 is 0 Å². The van der Waals surface area contributed by atoms with Gasteiger partial charge in [0.1, 0.15) is 5.82 Å². The Labute approximate surface area is 73.0 Å². The first kappa shape index (κ1) is 9.00. The molecule has 0 aliphatic heterocycles. The van der Waals surface area contributed by atoms with E-state index in [9.17, 15) is 0 Å². The molecule has 0 aromatic carbocycles. The Morgan fingerprint density at radius 3 is 2.75 bits per heavy atom. The summed E-state index contributed by atoms with van der Waals surface area (Å²) in [6.07, 6.45) is 1.80. The molecule has 0 saturated heterocycles. The van der Waals surface area contributed by atoms with Gasteiger partial charge in [-0.3, -0.25) is 0 Å². The molecule has 0 radical (unpaired) electrons. The van der Waals surface area contributed by atoms with Crippen molar-refractivity contribution < 1.29 is 0 Å². The average molecular weight is 165 g/mol. The predicted octanol–water partition coefficient (Wildman–Crippen LogP) is 1.16. The Morgan fingerprint density at radius 1 is 1.50 bits per heavy atom. The highest BCUT2D eigenvalue weighted by atomic mass is 14.9. The van der Waals surface area contributed by atoms with Gasteiger partial charge in [-0.2, -0.15) is 0 Å². The van der Waals surface area contributed by atoms with Crippen LogP contribution in [0.5, 0.6) is 0 Å². The molecule has 3 N–H and O–H groups in total. The largest absolute Gasteiger partial charge is 0.384 e. The lowest BCUT2D eigenvalue weighted by Gasteiger charge is -2.07. The third-order valence-electron chi connectivity index (χ3n) is 1.56. The maximum atomic E-state index is 5.45. The van der Waals surface area contributed by atoms with Crippen LogP contribution in [-0.4, -0.2) is 11.0 Å². The smallest absolute Gasteiger partial charge is 0.123 e. The van der Waals surface area contributed by atoms with Crippen molar-refractivity contribution in [2.24, 2.45) is 0 Å². The van der Waals surface area contributed by atoms with Gasteiger partial charge in [-0.05, 0) is 11.6 Å². The van der Waals surface area contributed by atoms with E-state index in [2.05, 4.69) is 24.1 Å². The lowest BCUT2D eigenvalue weighted by molar-refractivity contribution is 0.588. The molecule has 0 saturated carbocycles. The number of hydrogen-bond acceptors (Lipinski definition) is 3. The molecule has 0 spiro atoms. The molecule has 0 unspecified atom stereocenters. The van der Waals surface area contributed by atoms with Crippen LogP contribution in [0.2, 0.25) is 0 Å². The van der Waals surface area contributed by atoms with Crippen LogP contribution in [0.25, 0.3) is 0 Å². The number of aromatic nitrogens is 1. The predicted molar refractivity (Wildman–Crippen MR) is 50.6 cm³/mol. The molecule has 0 fully saturated rings. The topological polar surface area (TPSA) is 50.9 Å². The lowest BCUT2D eigenvalue weighted by Crippen LogP contribution is -2.21. The minimum absolute atomic E-state index is 0.502. The third-order valence-corrected chi connectivity index (χ3v) is 1.56. The van der Waals surface area contributed by atoms with Crippen LogP contribution < -0.4 is 11.1 Å².